The predicted octanol–water partition coefficient (Wildman–Crippen LogP) is 7.44. The third kappa shape index (κ3) is 5.43. The average Bonchev–Trinajstić information content (AvgIpc) is 3.16. The van der Waals surface area contributed by atoms with Gasteiger partial charge in [-0.25, -0.2) is 4.98 Å². The van der Waals surface area contributed by atoms with Crippen LogP contribution in [0.3, 0.4) is 0 Å². The van der Waals surface area contributed by atoms with Gasteiger partial charge in [-0.3, -0.25) is 4.79 Å². The molecule has 164 valence electrons. The van der Waals surface area contributed by atoms with Gasteiger partial charge in [0.2, 0.25) is 0 Å². The van der Waals surface area contributed by atoms with E-state index in [1.807, 2.05) is 51.3 Å². The largest absolute Gasteiger partial charge is 0.416 e. The van der Waals surface area contributed by atoms with Gasteiger partial charge in [-0.1, -0.05) is 32.9 Å². The summed E-state index contributed by atoms with van der Waals surface area (Å²) in [6, 6.07) is 10.7. The Labute approximate surface area is 180 Å². The maximum atomic E-state index is 13.0. The smallest absolute Gasteiger partial charge is 0.328 e. The van der Waals surface area contributed by atoms with E-state index in [1.54, 1.807) is 18.6 Å². The van der Waals surface area contributed by atoms with E-state index < -0.39 is 11.7 Å². The number of carbonyl (C=O) groups excluding carboxylic acids is 1. The number of rotatable bonds is 5. The normalized spacial score (nSPS) is 12.4. The second-order valence-electron chi connectivity index (χ2n) is 9.31. The Hall–Kier alpha value is -2.89. The average molecular weight is 428 g/mol. The van der Waals surface area contributed by atoms with Gasteiger partial charge in [0.25, 0.3) is 0 Å². The lowest BCUT2D eigenvalue weighted by atomic mass is 9.86. The number of nitrogens with zero attached hydrogens (tertiary/aromatic N) is 2. The van der Waals surface area contributed by atoms with E-state index in [1.165, 1.54) is 12.1 Å². The van der Waals surface area contributed by atoms with Gasteiger partial charge in [0.15, 0.2) is 5.78 Å². The molecule has 0 radical (unpaired) electrons. The fourth-order valence-corrected chi connectivity index (χ4v) is 3.48. The molecule has 0 saturated heterocycles. The maximum absolute atomic E-state index is 13.0. The number of benzene rings is 2. The molecule has 0 aliphatic rings. The van der Waals surface area contributed by atoms with Crippen LogP contribution >= 0.6 is 0 Å². The molecule has 0 spiro atoms. The first-order valence-electron chi connectivity index (χ1n) is 10.2. The number of carbonyl (C=O) groups is 1. The molecule has 0 amide bonds. The first kappa shape index (κ1) is 22.8. The summed E-state index contributed by atoms with van der Waals surface area (Å²) in [4.78, 5) is 17.2. The molecular formula is C25H27F3N2O. The molecule has 0 bridgehead atoms. The molecule has 6 heteroatoms. The second-order valence-corrected chi connectivity index (χ2v) is 9.31. The maximum Gasteiger partial charge on any atom is 0.416 e. The van der Waals surface area contributed by atoms with Crippen LogP contribution in [0.5, 0.6) is 0 Å². The van der Waals surface area contributed by atoms with Gasteiger partial charge in [-0.05, 0) is 60.7 Å². The molecule has 3 nitrogen and oxygen atoms in total. The molecule has 1 heterocycles. The summed E-state index contributed by atoms with van der Waals surface area (Å²) in [5.41, 5.74) is 2.64. The molecule has 0 saturated carbocycles. The van der Waals surface area contributed by atoms with E-state index in [9.17, 15) is 18.0 Å². The number of ketones is 1. The van der Waals surface area contributed by atoms with E-state index in [0.717, 1.165) is 23.4 Å². The number of aromatic nitrogens is 2. The first-order chi connectivity index (χ1) is 14.3. The lowest BCUT2D eigenvalue weighted by molar-refractivity contribution is -0.137. The summed E-state index contributed by atoms with van der Waals surface area (Å²) in [6.45, 7) is 10.1. The van der Waals surface area contributed by atoms with Crippen molar-refractivity contribution in [3.05, 3.63) is 66.1 Å². The van der Waals surface area contributed by atoms with Crippen LogP contribution in [-0.4, -0.2) is 15.3 Å². The van der Waals surface area contributed by atoms with Crippen molar-refractivity contribution in [3.8, 4) is 22.4 Å². The van der Waals surface area contributed by atoms with Crippen LogP contribution in [0, 0.1) is 5.41 Å². The minimum Gasteiger partial charge on any atom is -0.328 e. The molecule has 31 heavy (non-hydrogen) atoms. The van der Waals surface area contributed by atoms with Crippen molar-refractivity contribution >= 4 is 5.78 Å². The quantitative estimate of drug-likeness (QED) is 0.396. The highest BCUT2D eigenvalue weighted by molar-refractivity contribution is 5.99. The number of halogens is 3. The van der Waals surface area contributed by atoms with Crippen molar-refractivity contribution in [1.82, 2.24) is 9.55 Å². The highest BCUT2D eigenvalue weighted by Gasteiger charge is 2.30. The molecule has 0 atom stereocenters. The van der Waals surface area contributed by atoms with Crippen molar-refractivity contribution in [2.45, 2.75) is 53.3 Å². The summed E-state index contributed by atoms with van der Waals surface area (Å²) < 4.78 is 40.9. The molecule has 0 fully saturated rings. The summed E-state index contributed by atoms with van der Waals surface area (Å²) in [5.74, 6) is -0.00174. The Morgan fingerprint density at radius 3 is 2.13 bits per heavy atom. The summed E-state index contributed by atoms with van der Waals surface area (Å²) in [7, 11) is 0. The van der Waals surface area contributed by atoms with Gasteiger partial charge in [-0.2, -0.15) is 13.2 Å². The van der Waals surface area contributed by atoms with E-state index in [4.69, 9.17) is 0 Å². The lowest BCUT2D eigenvalue weighted by Crippen LogP contribution is -2.13. The fourth-order valence-electron chi connectivity index (χ4n) is 3.48. The van der Waals surface area contributed by atoms with E-state index >= 15 is 0 Å². The molecular weight excluding hydrogens is 401 g/mol. The fraction of sp³-hybridized carbons (Fsp3) is 0.360. The van der Waals surface area contributed by atoms with Gasteiger partial charge < -0.3 is 4.57 Å². The van der Waals surface area contributed by atoms with Gasteiger partial charge in [0.05, 0.1) is 23.8 Å². The minimum absolute atomic E-state index is 0.00174. The van der Waals surface area contributed by atoms with Crippen molar-refractivity contribution in [3.63, 3.8) is 0 Å². The van der Waals surface area contributed by atoms with E-state index in [0.29, 0.717) is 23.1 Å². The van der Waals surface area contributed by atoms with Crippen molar-refractivity contribution in [2.75, 3.05) is 0 Å². The zero-order valence-electron chi connectivity index (χ0n) is 18.4. The SMILES string of the molecule is CC(C)n1cncc1-c1cc(C(=O)CC(C)(C)C)cc(-c2ccc(C(F)(F)F)cc2)c1. The van der Waals surface area contributed by atoms with Gasteiger partial charge >= 0.3 is 6.18 Å². The van der Waals surface area contributed by atoms with E-state index in [2.05, 4.69) is 4.98 Å². The zero-order chi connectivity index (χ0) is 23.0. The molecule has 0 aliphatic carbocycles. The highest BCUT2D eigenvalue weighted by Crippen LogP contribution is 2.34. The molecule has 3 rings (SSSR count). The van der Waals surface area contributed by atoms with Crippen LogP contribution in [0.15, 0.2) is 55.0 Å². The molecule has 1 aromatic heterocycles. The van der Waals surface area contributed by atoms with Crippen LogP contribution in [-0.2, 0) is 6.18 Å². The van der Waals surface area contributed by atoms with Gasteiger partial charge in [-0.15, -0.1) is 0 Å². The third-order valence-electron chi connectivity index (χ3n) is 5.01. The Kier molecular flexibility index (Phi) is 6.12. The predicted molar refractivity (Wildman–Crippen MR) is 117 cm³/mol. The number of hydrogen-bond donors (Lipinski definition) is 0. The number of imidazole rings is 1. The Balaban J connectivity index is 2.13. The molecule has 2 aromatic carbocycles. The third-order valence-corrected chi connectivity index (χ3v) is 5.01. The van der Waals surface area contributed by atoms with Crippen molar-refractivity contribution < 1.29 is 18.0 Å². The van der Waals surface area contributed by atoms with Gasteiger partial charge in [0, 0.05) is 23.6 Å². The van der Waals surface area contributed by atoms with Crippen LogP contribution in [0.1, 0.15) is 63.0 Å². The van der Waals surface area contributed by atoms with Crippen LogP contribution in [0.25, 0.3) is 22.4 Å². The van der Waals surface area contributed by atoms with Crippen LogP contribution < -0.4 is 0 Å². The van der Waals surface area contributed by atoms with Crippen LogP contribution in [0.2, 0.25) is 0 Å². The zero-order valence-corrected chi connectivity index (χ0v) is 18.4. The number of Topliss-reactive ketones (excluding diaryl/α,β-unsaturated/α-hetero) is 1. The minimum atomic E-state index is -4.39. The Morgan fingerprint density at radius 1 is 0.968 bits per heavy atom. The standard InChI is InChI=1S/C25H27F3N2O/c1-16(2)30-15-29-14-22(30)19-10-18(11-20(12-19)23(31)13-24(3,4)5)17-6-8-21(9-7-17)25(26,27)28/h6-12,14-16H,13H2,1-5H3. The van der Waals surface area contributed by atoms with Crippen molar-refractivity contribution in [2.24, 2.45) is 5.41 Å². The highest BCUT2D eigenvalue weighted by atomic mass is 19.4. The molecule has 0 N–H and O–H groups in total. The summed E-state index contributed by atoms with van der Waals surface area (Å²) in [6.07, 6.45) is -0.546. The number of alkyl halides is 3. The van der Waals surface area contributed by atoms with E-state index in [-0.39, 0.29) is 17.2 Å². The monoisotopic (exact) mass is 428 g/mol. The topological polar surface area (TPSA) is 34.9 Å². The first-order valence-corrected chi connectivity index (χ1v) is 10.2. The summed E-state index contributed by atoms with van der Waals surface area (Å²) in [5, 5.41) is 0. The van der Waals surface area contributed by atoms with Gasteiger partial charge in [0.1, 0.15) is 0 Å². The Morgan fingerprint density at radius 2 is 1.58 bits per heavy atom. The summed E-state index contributed by atoms with van der Waals surface area (Å²) >= 11 is 0. The second kappa shape index (κ2) is 8.33. The Bertz CT molecular complexity index is 1070. The lowest BCUT2D eigenvalue weighted by Gasteiger charge is -2.18. The number of hydrogen-bond acceptors (Lipinski definition) is 2. The molecule has 0 unspecified atom stereocenters. The molecule has 3 aromatic rings. The van der Waals surface area contributed by atoms with Crippen molar-refractivity contribution in [1.29, 1.82) is 0 Å². The van der Waals surface area contributed by atoms with Crippen LogP contribution in [0.4, 0.5) is 13.2 Å². The molecule has 0 aliphatic heterocycles.